The summed E-state index contributed by atoms with van der Waals surface area (Å²) in [6.07, 6.45) is 0.566. The van der Waals surface area contributed by atoms with Gasteiger partial charge in [0.15, 0.2) is 9.84 Å². The van der Waals surface area contributed by atoms with Crippen molar-refractivity contribution in [3.8, 4) is 0 Å². The van der Waals surface area contributed by atoms with Crippen molar-refractivity contribution in [2.45, 2.75) is 18.9 Å². The number of aromatic nitrogens is 2. The fourth-order valence-electron chi connectivity index (χ4n) is 2.41. The van der Waals surface area contributed by atoms with E-state index in [-0.39, 0.29) is 11.5 Å². The lowest BCUT2D eigenvalue weighted by Crippen LogP contribution is -2.36. The summed E-state index contributed by atoms with van der Waals surface area (Å²) < 4.78 is 23.3. The van der Waals surface area contributed by atoms with Crippen molar-refractivity contribution in [2.75, 3.05) is 22.2 Å². The van der Waals surface area contributed by atoms with Crippen LogP contribution in [0.25, 0.3) is 10.2 Å². The number of nitrogen functional groups attached to an aromatic ring is 1. The lowest BCUT2D eigenvalue weighted by Gasteiger charge is -2.25. The Morgan fingerprint density at radius 3 is 2.90 bits per heavy atom. The van der Waals surface area contributed by atoms with E-state index in [0.29, 0.717) is 18.2 Å². The Hall–Kier alpha value is -1.45. The maximum atomic E-state index is 11.7. The molecule has 0 aromatic carbocycles. The largest absolute Gasteiger partial charge is 0.363 e. The molecule has 7 nitrogen and oxygen atoms in total. The highest BCUT2D eigenvalue weighted by atomic mass is 32.2. The van der Waals surface area contributed by atoms with E-state index < -0.39 is 15.4 Å². The average Bonchev–Trinajstić information content (AvgIpc) is 2.93. The van der Waals surface area contributed by atoms with Crippen LogP contribution in [0.1, 0.15) is 13.3 Å². The van der Waals surface area contributed by atoms with Crippen molar-refractivity contribution in [1.82, 2.24) is 9.97 Å². The number of nitrogens with two attached hydrogens (primary N) is 1. The van der Waals surface area contributed by atoms with E-state index in [2.05, 4.69) is 20.7 Å². The van der Waals surface area contributed by atoms with Gasteiger partial charge in [-0.05, 0) is 24.8 Å². The van der Waals surface area contributed by atoms with Gasteiger partial charge in [-0.2, -0.15) is 4.98 Å². The molecule has 0 spiro atoms. The molecule has 2 aromatic rings. The van der Waals surface area contributed by atoms with Crippen molar-refractivity contribution in [1.29, 1.82) is 0 Å². The van der Waals surface area contributed by atoms with Gasteiger partial charge in [0.05, 0.1) is 22.4 Å². The molecule has 3 heterocycles. The number of thiophene rings is 1. The van der Waals surface area contributed by atoms with Gasteiger partial charge >= 0.3 is 0 Å². The number of hydrazine groups is 1. The highest BCUT2D eigenvalue weighted by Crippen LogP contribution is 2.32. The zero-order chi connectivity index (χ0) is 14.4. The topological polar surface area (TPSA) is 110 Å². The fraction of sp³-hybridized carbons (Fsp3) is 0.455. The second-order valence-electron chi connectivity index (χ2n) is 5.21. The van der Waals surface area contributed by atoms with Gasteiger partial charge in [0.25, 0.3) is 0 Å². The maximum absolute atomic E-state index is 11.7. The van der Waals surface area contributed by atoms with Crippen molar-refractivity contribution in [3.05, 3.63) is 11.4 Å². The van der Waals surface area contributed by atoms with Crippen LogP contribution < -0.4 is 16.6 Å². The second kappa shape index (κ2) is 4.54. The smallest absolute Gasteiger partial charge is 0.240 e. The van der Waals surface area contributed by atoms with E-state index in [1.165, 1.54) is 11.3 Å². The highest BCUT2D eigenvalue weighted by molar-refractivity contribution is 7.91. The summed E-state index contributed by atoms with van der Waals surface area (Å²) in [6, 6.07) is 1.91. The number of hydrogen-bond donors (Lipinski definition) is 3. The fourth-order valence-corrected chi connectivity index (χ4v) is 5.27. The molecule has 0 bridgehead atoms. The molecule has 1 saturated heterocycles. The third kappa shape index (κ3) is 2.43. The van der Waals surface area contributed by atoms with Crippen LogP contribution in [0.4, 0.5) is 11.8 Å². The molecule has 1 aliphatic heterocycles. The molecule has 1 atom stereocenters. The Morgan fingerprint density at radius 2 is 2.25 bits per heavy atom. The average molecular weight is 313 g/mol. The maximum Gasteiger partial charge on any atom is 0.240 e. The van der Waals surface area contributed by atoms with Crippen LogP contribution in [0.3, 0.4) is 0 Å². The summed E-state index contributed by atoms with van der Waals surface area (Å²) >= 11 is 1.48. The molecule has 2 aromatic heterocycles. The Bertz CT molecular complexity index is 757. The van der Waals surface area contributed by atoms with Crippen LogP contribution in [0, 0.1) is 0 Å². The van der Waals surface area contributed by atoms with Crippen LogP contribution in [0.15, 0.2) is 11.4 Å². The summed E-state index contributed by atoms with van der Waals surface area (Å²) in [4.78, 5) is 9.36. The van der Waals surface area contributed by atoms with Crippen molar-refractivity contribution in [3.63, 3.8) is 0 Å². The van der Waals surface area contributed by atoms with E-state index >= 15 is 0 Å². The monoisotopic (exact) mass is 313 g/mol. The zero-order valence-corrected chi connectivity index (χ0v) is 12.5. The van der Waals surface area contributed by atoms with Crippen LogP contribution in [0.2, 0.25) is 0 Å². The first-order valence-electron chi connectivity index (χ1n) is 6.11. The van der Waals surface area contributed by atoms with Crippen LogP contribution in [0.5, 0.6) is 0 Å². The van der Waals surface area contributed by atoms with Gasteiger partial charge in [-0.1, -0.05) is 0 Å². The number of nitrogens with one attached hydrogen (secondary N) is 2. The first-order valence-corrected chi connectivity index (χ1v) is 8.81. The Kier molecular flexibility index (Phi) is 3.07. The highest BCUT2D eigenvalue weighted by Gasteiger charge is 2.38. The Balaban J connectivity index is 2.00. The third-order valence-corrected chi connectivity index (χ3v) is 6.09. The van der Waals surface area contributed by atoms with Gasteiger partial charge in [-0.3, -0.25) is 5.43 Å². The number of rotatable bonds is 3. The van der Waals surface area contributed by atoms with E-state index in [9.17, 15) is 8.42 Å². The van der Waals surface area contributed by atoms with Crippen LogP contribution in [-0.2, 0) is 9.84 Å². The van der Waals surface area contributed by atoms with Crippen molar-refractivity contribution in [2.24, 2.45) is 5.84 Å². The van der Waals surface area contributed by atoms with Crippen LogP contribution >= 0.6 is 11.3 Å². The summed E-state index contributed by atoms with van der Waals surface area (Å²) in [6.45, 7) is 1.90. The molecule has 4 N–H and O–H groups in total. The quantitative estimate of drug-likeness (QED) is 0.572. The minimum atomic E-state index is -2.97. The molecule has 0 amide bonds. The molecule has 0 aliphatic carbocycles. The van der Waals surface area contributed by atoms with Gasteiger partial charge < -0.3 is 5.32 Å². The summed E-state index contributed by atoms with van der Waals surface area (Å²) in [5.74, 6) is 6.61. The van der Waals surface area contributed by atoms with Gasteiger partial charge in [-0.15, -0.1) is 11.3 Å². The molecule has 108 valence electrons. The van der Waals surface area contributed by atoms with E-state index in [0.717, 1.165) is 10.2 Å². The predicted molar refractivity (Wildman–Crippen MR) is 80.5 cm³/mol. The van der Waals surface area contributed by atoms with E-state index in [4.69, 9.17) is 5.84 Å². The van der Waals surface area contributed by atoms with Gasteiger partial charge in [0, 0.05) is 0 Å². The molecule has 0 radical (unpaired) electrons. The van der Waals surface area contributed by atoms with E-state index in [1.54, 1.807) is 0 Å². The summed E-state index contributed by atoms with van der Waals surface area (Å²) in [7, 11) is -2.97. The molecular weight excluding hydrogens is 298 g/mol. The van der Waals surface area contributed by atoms with Crippen molar-refractivity contribution >= 4 is 43.2 Å². The molecule has 20 heavy (non-hydrogen) atoms. The first-order chi connectivity index (χ1) is 9.41. The Labute approximate surface area is 120 Å². The van der Waals surface area contributed by atoms with Gasteiger partial charge in [0.2, 0.25) is 5.95 Å². The minimum absolute atomic E-state index is 0.112. The van der Waals surface area contributed by atoms with Gasteiger partial charge in [0.1, 0.15) is 10.6 Å². The SMILES string of the molecule is CC1(Nc2nc(NN)nc3sccc23)CCS(=O)(=O)C1. The Morgan fingerprint density at radius 1 is 1.45 bits per heavy atom. The molecule has 1 aliphatic rings. The lowest BCUT2D eigenvalue weighted by molar-refractivity contribution is 0.572. The molecule has 3 rings (SSSR count). The van der Waals surface area contributed by atoms with Gasteiger partial charge in [-0.25, -0.2) is 19.2 Å². The summed E-state index contributed by atoms with van der Waals surface area (Å²) in [5.41, 5.74) is 1.92. The normalized spacial score (nSPS) is 24.9. The minimum Gasteiger partial charge on any atom is -0.363 e. The predicted octanol–water partition coefficient (Wildman–Crippen LogP) is 0.966. The van der Waals surface area contributed by atoms with Crippen LogP contribution in [-0.4, -0.2) is 35.4 Å². The number of nitrogens with zero attached hydrogens (tertiary/aromatic N) is 2. The third-order valence-electron chi connectivity index (χ3n) is 3.38. The first kappa shape index (κ1) is 13.5. The number of anilines is 2. The standard InChI is InChI=1S/C11H15N5O2S2/c1-11(3-5-20(17,18)6-11)15-8-7-2-4-19-9(7)14-10(13-8)16-12/h2,4H,3,5-6,12H2,1H3,(H2,13,14,15,16). The number of fused-ring (bicyclic) bond motifs is 1. The summed E-state index contributed by atoms with van der Waals surface area (Å²) in [5, 5.41) is 6.05. The molecule has 9 heteroatoms. The number of hydrogen-bond acceptors (Lipinski definition) is 8. The van der Waals surface area contributed by atoms with E-state index in [1.807, 2.05) is 18.4 Å². The lowest BCUT2D eigenvalue weighted by atomic mass is 10.0. The molecule has 1 fully saturated rings. The molecule has 0 saturated carbocycles. The second-order valence-corrected chi connectivity index (χ2v) is 8.29. The molecule has 1 unspecified atom stereocenters. The van der Waals surface area contributed by atoms with Crippen molar-refractivity contribution < 1.29 is 8.42 Å². The zero-order valence-electron chi connectivity index (χ0n) is 10.9. The number of sulfone groups is 1. The molecular formula is C11H15N5O2S2.